The summed E-state index contributed by atoms with van der Waals surface area (Å²) in [5, 5.41) is 3.91. The van der Waals surface area contributed by atoms with E-state index in [2.05, 4.69) is 57.4 Å². The first-order valence-corrected chi connectivity index (χ1v) is 7.44. The normalized spacial score (nSPS) is 12.2. The highest BCUT2D eigenvalue weighted by atomic mass is 79.9. The second kappa shape index (κ2) is 6.92. The van der Waals surface area contributed by atoms with Crippen LogP contribution in [0.5, 0.6) is 0 Å². The minimum Gasteiger partial charge on any atom is -0.380 e. The molecule has 0 aliphatic heterocycles. The van der Waals surface area contributed by atoms with Crippen LogP contribution in [0.1, 0.15) is 18.9 Å². The van der Waals surface area contributed by atoms with E-state index in [1.165, 1.54) is 5.56 Å². The number of aryl methyl sites for hydroxylation is 1. The molecule has 1 aromatic heterocycles. The van der Waals surface area contributed by atoms with E-state index < -0.39 is 0 Å². The fourth-order valence-electron chi connectivity index (χ4n) is 1.89. The lowest BCUT2D eigenvalue weighted by atomic mass is 10.1. The Bertz CT molecular complexity index is 531. The number of anilines is 1. The van der Waals surface area contributed by atoms with E-state index in [0.29, 0.717) is 11.2 Å². The maximum atomic E-state index is 6.06. The smallest absolute Gasteiger partial charge is 0.152 e. The van der Waals surface area contributed by atoms with Crippen molar-refractivity contribution in [2.24, 2.45) is 0 Å². The standard InChI is InChI=1S/C15H16BrClN2/c1-11(7-8-12-5-3-2-4-6-12)19-14-9-13(16)10-18-15(14)17/h2-6,9-11,19H,7-8H2,1H3. The molecule has 0 radical (unpaired) electrons. The molecule has 0 amide bonds. The molecule has 0 aliphatic carbocycles. The van der Waals surface area contributed by atoms with E-state index in [1.807, 2.05) is 12.1 Å². The van der Waals surface area contributed by atoms with Gasteiger partial charge in [-0.2, -0.15) is 0 Å². The van der Waals surface area contributed by atoms with Gasteiger partial charge in [0.15, 0.2) is 5.15 Å². The molecule has 0 fully saturated rings. The van der Waals surface area contributed by atoms with Gasteiger partial charge in [-0.05, 0) is 47.3 Å². The van der Waals surface area contributed by atoms with Gasteiger partial charge in [0.1, 0.15) is 0 Å². The lowest BCUT2D eigenvalue weighted by Gasteiger charge is -2.16. The second-order valence-electron chi connectivity index (χ2n) is 4.56. The number of nitrogens with zero attached hydrogens (tertiary/aromatic N) is 1. The van der Waals surface area contributed by atoms with E-state index in [4.69, 9.17) is 11.6 Å². The van der Waals surface area contributed by atoms with Gasteiger partial charge in [0.2, 0.25) is 0 Å². The van der Waals surface area contributed by atoms with Crippen molar-refractivity contribution in [3.05, 3.63) is 57.8 Å². The predicted octanol–water partition coefficient (Wildman–Crippen LogP) is 4.93. The van der Waals surface area contributed by atoms with E-state index in [-0.39, 0.29) is 0 Å². The Labute approximate surface area is 127 Å². The van der Waals surface area contributed by atoms with Crippen LogP contribution in [0.2, 0.25) is 5.15 Å². The van der Waals surface area contributed by atoms with Crippen LogP contribution in [-0.2, 0) is 6.42 Å². The monoisotopic (exact) mass is 338 g/mol. The van der Waals surface area contributed by atoms with Crippen LogP contribution >= 0.6 is 27.5 Å². The summed E-state index contributed by atoms with van der Waals surface area (Å²) in [6.45, 7) is 2.15. The number of nitrogens with one attached hydrogen (secondary N) is 1. The van der Waals surface area contributed by atoms with Crippen molar-refractivity contribution >= 4 is 33.2 Å². The molecule has 1 aromatic carbocycles. The molecular formula is C15H16BrClN2. The third-order valence-corrected chi connectivity index (χ3v) is 3.65. The highest BCUT2D eigenvalue weighted by Crippen LogP contribution is 2.24. The molecular weight excluding hydrogens is 324 g/mol. The van der Waals surface area contributed by atoms with Crippen molar-refractivity contribution in [3.63, 3.8) is 0 Å². The highest BCUT2D eigenvalue weighted by molar-refractivity contribution is 9.10. The van der Waals surface area contributed by atoms with E-state index in [1.54, 1.807) is 6.20 Å². The molecule has 0 aliphatic rings. The third-order valence-electron chi connectivity index (χ3n) is 2.92. The lowest BCUT2D eigenvalue weighted by molar-refractivity contribution is 0.706. The molecule has 19 heavy (non-hydrogen) atoms. The Balaban J connectivity index is 1.90. The molecule has 1 heterocycles. The van der Waals surface area contributed by atoms with Crippen LogP contribution < -0.4 is 5.32 Å². The molecule has 2 rings (SSSR count). The number of hydrogen-bond acceptors (Lipinski definition) is 2. The van der Waals surface area contributed by atoms with Gasteiger partial charge >= 0.3 is 0 Å². The van der Waals surface area contributed by atoms with Gasteiger partial charge in [-0.1, -0.05) is 41.9 Å². The Morgan fingerprint density at radius 3 is 2.79 bits per heavy atom. The summed E-state index contributed by atoms with van der Waals surface area (Å²) in [4.78, 5) is 4.11. The van der Waals surface area contributed by atoms with Gasteiger partial charge in [-0.3, -0.25) is 0 Å². The molecule has 2 nitrogen and oxygen atoms in total. The molecule has 1 atom stereocenters. The summed E-state index contributed by atoms with van der Waals surface area (Å²) in [7, 11) is 0. The maximum Gasteiger partial charge on any atom is 0.152 e. The molecule has 2 aromatic rings. The Morgan fingerprint density at radius 2 is 2.05 bits per heavy atom. The number of benzene rings is 1. The first kappa shape index (κ1) is 14.4. The van der Waals surface area contributed by atoms with Crippen molar-refractivity contribution in [1.82, 2.24) is 4.98 Å². The minimum atomic E-state index is 0.341. The summed E-state index contributed by atoms with van der Waals surface area (Å²) in [6.07, 6.45) is 3.79. The van der Waals surface area contributed by atoms with Gasteiger partial charge in [0.25, 0.3) is 0 Å². The Kier molecular flexibility index (Phi) is 5.23. The number of rotatable bonds is 5. The molecule has 1 N–H and O–H groups in total. The highest BCUT2D eigenvalue weighted by Gasteiger charge is 2.07. The van der Waals surface area contributed by atoms with Crippen LogP contribution in [0.25, 0.3) is 0 Å². The van der Waals surface area contributed by atoms with Crippen molar-refractivity contribution in [2.45, 2.75) is 25.8 Å². The maximum absolute atomic E-state index is 6.06. The van der Waals surface area contributed by atoms with Crippen molar-refractivity contribution in [2.75, 3.05) is 5.32 Å². The first-order valence-electron chi connectivity index (χ1n) is 6.26. The molecule has 1 unspecified atom stereocenters. The molecule has 0 saturated carbocycles. The fourth-order valence-corrected chi connectivity index (χ4v) is 2.38. The summed E-state index contributed by atoms with van der Waals surface area (Å²) in [6, 6.07) is 12.8. The van der Waals surface area contributed by atoms with E-state index in [0.717, 1.165) is 23.0 Å². The average Bonchev–Trinajstić information content (AvgIpc) is 2.42. The SMILES string of the molecule is CC(CCc1ccccc1)Nc1cc(Br)cnc1Cl. The summed E-state index contributed by atoms with van der Waals surface area (Å²) in [5.74, 6) is 0. The van der Waals surface area contributed by atoms with Crippen LogP contribution in [0.4, 0.5) is 5.69 Å². The zero-order valence-corrected chi connectivity index (χ0v) is 13.1. The molecule has 0 bridgehead atoms. The second-order valence-corrected chi connectivity index (χ2v) is 5.84. The number of halogens is 2. The number of hydrogen-bond donors (Lipinski definition) is 1. The lowest BCUT2D eigenvalue weighted by Crippen LogP contribution is -2.16. The van der Waals surface area contributed by atoms with Gasteiger partial charge in [-0.25, -0.2) is 4.98 Å². The van der Waals surface area contributed by atoms with Crippen LogP contribution in [0.15, 0.2) is 47.1 Å². The Hall–Kier alpha value is -1.06. The predicted molar refractivity (Wildman–Crippen MR) is 84.8 cm³/mol. The zero-order valence-electron chi connectivity index (χ0n) is 10.7. The van der Waals surface area contributed by atoms with Crippen LogP contribution in [-0.4, -0.2) is 11.0 Å². The van der Waals surface area contributed by atoms with Gasteiger partial charge in [0.05, 0.1) is 5.69 Å². The largest absolute Gasteiger partial charge is 0.380 e. The number of pyridine rings is 1. The fraction of sp³-hybridized carbons (Fsp3) is 0.267. The van der Waals surface area contributed by atoms with Crippen LogP contribution in [0.3, 0.4) is 0 Å². The first-order chi connectivity index (χ1) is 9.15. The van der Waals surface area contributed by atoms with E-state index in [9.17, 15) is 0 Å². The van der Waals surface area contributed by atoms with Gasteiger partial charge in [-0.15, -0.1) is 0 Å². The molecule has 100 valence electrons. The summed E-state index contributed by atoms with van der Waals surface area (Å²) < 4.78 is 0.926. The van der Waals surface area contributed by atoms with E-state index >= 15 is 0 Å². The minimum absolute atomic E-state index is 0.341. The van der Waals surface area contributed by atoms with Crippen LogP contribution in [0, 0.1) is 0 Å². The van der Waals surface area contributed by atoms with Crippen molar-refractivity contribution in [1.29, 1.82) is 0 Å². The van der Waals surface area contributed by atoms with Crippen molar-refractivity contribution in [3.8, 4) is 0 Å². The van der Waals surface area contributed by atoms with Crippen molar-refractivity contribution < 1.29 is 0 Å². The average molecular weight is 340 g/mol. The quantitative estimate of drug-likeness (QED) is 0.781. The third kappa shape index (κ3) is 4.51. The zero-order chi connectivity index (χ0) is 13.7. The Morgan fingerprint density at radius 1 is 1.32 bits per heavy atom. The topological polar surface area (TPSA) is 24.9 Å². The summed E-state index contributed by atoms with van der Waals surface area (Å²) >= 11 is 9.46. The van der Waals surface area contributed by atoms with Gasteiger partial charge in [0, 0.05) is 16.7 Å². The van der Waals surface area contributed by atoms with Gasteiger partial charge < -0.3 is 5.32 Å². The molecule has 0 saturated heterocycles. The summed E-state index contributed by atoms with van der Waals surface area (Å²) in [5.41, 5.74) is 2.23. The molecule has 0 spiro atoms. The number of aromatic nitrogens is 1. The molecule has 4 heteroatoms.